The molecular formula is C16H16F2O. The molecule has 100 valence electrons. The summed E-state index contributed by atoms with van der Waals surface area (Å²) >= 11 is 0. The fourth-order valence-electron chi connectivity index (χ4n) is 2.20. The third-order valence-corrected chi connectivity index (χ3v) is 3.00. The van der Waals surface area contributed by atoms with Crippen molar-refractivity contribution in [2.75, 3.05) is 0 Å². The summed E-state index contributed by atoms with van der Waals surface area (Å²) in [6.07, 6.45) is 0.468. The lowest BCUT2D eigenvalue weighted by Gasteiger charge is -2.23. The molecule has 0 spiro atoms. The molecule has 1 N–H and O–H groups in total. The van der Waals surface area contributed by atoms with Crippen molar-refractivity contribution in [2.45, 2.75) is 25.4 Å². The predicted molar refractivity (Wildman–Crippen MR) is 70.8 cm³/mol. The first kappa shape index (κ1) is 13.7. The van der Waals surface area contributed by atoms with E-state index in [1.54, 1.807) is 37.3 Å². The molecule has 0 radical (unpaired) electrons. The molecule has 0 aliphatic carbocycles. The van der Waals surface area contributed by atoms with Crippen LogP contribution in [0.4, 0.5) is 8.78 Å². The summed E-state index contributed by atoms with van der Waals surface area (Å²) in [5.74, 6) is -0.666. The van der Waals surface area contributed by atoms with Crippen molar-refractivity contribution in [3.8, 4) is 0 Å². The molecule has 19 heavy (non-hydrogen) atoms. The molecule has 0 aliphatic heterocycles. The zero-order valence-electron chi connectivity index (χ0n) is 10.7. The summed E-state index contributed by atoms with van der Waals surface area (Å²) in [4.78, 5) is 0. The second-order valence-electron chi connectivity index (χ2n) is 5.07. The third-order valence-electron chi connectivity index (χ3n) is 3.00. The second kappa shape index (κ2) is 5.49. The van der Waals surface area contributed by atoms with Crippen molar-refractivity contribution in [2.24, 2.45) is 0 Å². The Bertz CT molecular complexity index is 564. The number of hydrogen-bond acceptors (Lipinski definition) is 1. The van der Waals surface area contributed by atoms with Crippen LogP contribution in [-0.2, 0) is 12.8 Å². The van der Waals surface area contributed by atoms with Crippen LogP contribution in [0.3, 0.4) is 0 Å². The maximum atomic E-state index is 13.6. The van der Waals surface area contributed by atoms with E-state index in [1.807, 2.05) is 0 Å². The van der Waals surface area contributed by atoms with Crippen LogP contribution in [-0.4, -0.2) is 10.7 Å². The Morgan fingerprint density at radius 3 is 2.42 bits per heavy atom. The van der Waals surface area contributed by atoms with Crippen molar-refractivity contribution in [3.05, 3.63) is 71.3 Å². The smallest absolute Gasteiger partial charge is 0.126 e. The Morgan fingerprint density at radius 2 is 1.74 bits per heavy atom. The molecule has 0 fully saturated rings. The van der Waals surface area contributed by atoms with Gasteiger partial charge in [-0.15, -0.1) is 0 Å². The Labute approximate surface area is 111 Å². The Balaban J connectivity index is 2.13. The minimum absolute atomic E-state index is 0.191. The first-order chi connectivity index (χ1) is 8.96. The van der Waals surface area contributed by atoms with E-state index in [4.69, 9.17) is 0 Å². The highest BCUT2D eigenvalue weighted by Gasteiger charge is 2.23. The highest BCUT2D eigenvalue weighted by Crippen LogP contribution is 2.20. The van der Waals surface area contributed by atoms with Gasteiger partial charge in [0.25, 0.3) is 0 Å². The van der Waals surface area contributed by atoms with E-state index in [2.05, 4.69) is 0 Å². The summed E-state index contributed by atoms with van der Waals surface area (Å²) in [6.45, 7) is 1.63. The lowest BCUT2D eigenvalue weighted by Crippen LogP contribution is -2.30. The van der Waals surface area contributed by atoms with Crippen LogP contribution in [0.2, 0.25) is 0 Å². The predicted octanol–water partition coefficient (Wildman–Crippen LogP) is 3.50. The summed E-state index contributed by atoms with van der Waals surface area (Å²) in [5, 5.41) is 10.3. The average Bonchev–Trinajstić information content (AvgIpc) is 2.31. The SMILES string of the molecule is CC(O)(Cc1cccc(F)c1)Cc1ccccc1F. The van der Waals surface area contributed by atoms with E-state index in [0.717, 1.165) is 0 Å². The number of rotatable bonds is 4. The number of benzene rings is 2. The molecule has 1 unspecified atom stereocenters. The molecular weight excluding hydrogens is 246 g/mol. The second-order valence-corrected chi connectivity index (χ2v) is 5.07. The van der Waals surface area contributed by atoms with Gasteiger partial charge in [0, 0.05) is 12.8 Å². The summed E-state index contributed by atoms with van der Waals surface area (Å²) in [5.41, 5.74) is 0.0425. The number of aliphatic hydroxyl groups is 1. The van der Waals surface area contributed by atoms with Gasteiger partial charge in [-0.25, -0.2) is 8.78 Å². The quantitative estimate of drug-likeness (QED) is 0.894. The van der Waals surface area contributed by atoms with Gasteiger partial charge in [0.1, 0.15) is 11.6 Å². The minimum Gasteiger partial charge on any atom is -0.389 e. The lowest BCUT2D eigenvalue weighted by molar-refractivity contribution is 0.0599. The molecule has 0 amide bonds. The molecule has 1 atom stereocenters. The third kappa shape index (κ3) is 3.86. The normalized spacial score (nSPS) is 14.1. The van der Waals surface area contributed by atoms with Gasteiger partial charge in [-0.2, -0.15) is 0 Å². The molecule has 0 aliphatic rings. The fourth-order valence-corrected chi connectivity index (χ4v) is 2.20. The van der Waals surface area contributed by atoms with Crippen molar-refractivity contribution >= 4 is 0 Å². The van der Waals surface area contributed by atoms with Gasteiger partial charge in [0.15, 0.2) is 0 Å². The summed E-state index contributed by atoms with van der Waals surface area (Å²) in [7, 11) is 0. The lowest BCUT2D eigenvalue weighted by atomic mass is 9.89. The Kier molecular flexibility index (Phi) is 3.96. The first-order valence-electron chi connectivity index (χ1n) is 6.16. The zero-order valence-corrected chi connectivity index (χ0v) is 10.7. The van der Waals surface area contributed by atoms with E-state index < -0.39 is 5.60 Å². The van der Waals surface area contributed by atoms with E-state index >= 15 is 0 Å². The van der Waals surface area contributed by atoms with Crippen LogP contribution in [0, 0.1) is 11.6 Å². The van der Waals surface area contributed by atoms with E-state index in [0.29, 0.717) is 11.1 Å². The van der Waals surface area contributed by atoms with Crippen LogP contribution in [0.1, 0.15) is 18.1 Å². The van der Waals surface area contributed by atoms with Crippen molar-refractivity contribution in [1.29, 1.82) is 0 Å². The molecule has 0 heterocycles. The highest BCUT2D eigenvalue weighted by molar-refractivity contribution is 5.22. The molecule has 2 aromatic carbocycles. The van der Waals surface area contributed by atoms with Crippen LogP contribution >= 0.6 is 0 Å². The van der Waals surface area contributed by atoms with Gasteiger partial charge < -0.3 is 5.11 Å². The average molecular weight is 262 g/mol. The Hall–Kier alpha value is -1.74. The summed E-state index contributed by atoms with van der Waals surface area (Å²) < 4.78 is 26.6. The monoisotopic (exact) mass is 262 g/mol. The van der Waals surface area contributed by atoms with Gasteiger partial charge in [-0.1, -0.05) is 30.3 Å². The van der Waals surface area contributed by atoms with Crippen molar-refractivity contribution < 1.29 is 13.9 Å². The van der Waals surface area contributed by atoms with Gasteiger partial charge in [0.2, 0.25) is 0 Å². The van der Waals surface area contributed by atoms with E-state index in [-0.39, 0.29) is 24.5 Å². The van der Waals surface area contributed by atoms with Gasteiger partial charge in [0.05, 0.1) is 5.60 Å². The molecule has 0 aromatic heterocycles. The maximum absolute atomic E-state index is 13.6. The largest absolute Gasteiger partial charge is 0.389 e. The molecule has 3 heteroatoms. The Morgan fingerprint density at radius 1 is 1.00 bits per heavy atom. The van der Waals surface area contributed by atoms with Gasteiger partial charge in [-0.05, 0) is 36.2 Å². The van der Waals surface area contributed by atoms with Crippen LogP contribution in [0.15, 0.2) is 48.5 Å². The molecule has 0 bridgehead atoms. The standard InChI is InChI=1S/C16H16F2O/c1-16(19,10-12-5-4-7-14(17)9-12)11-13-6-2-3-8-15(13)18/h2-9,19H,10-11H2,1H3. The van der Waals surface area contributed by atoms with Gasteiger partial charge >= 0.3 is 0 Å². The number of halogens is 2. The molecule has 2 aromatic rings. The molecule has 1 nitrogen and oxygen atoms in total. The van der Waals surface area contributed by atoms with Crippen LogP contribution < -0.4 is 0 Å². The number of hydrogen-bond donors (Lipinski definition) is 1. The molecule has 0 saturated heterocycles. The highest BCUT2D eigenvalue weighted by atomic mass is 19.1. The minimum atomic E-state index is -1.12. The van der Waals surface area contributed by atoms with E-state index in [9.17, 15) is 13.9 Å². The maximum Gasteiger partial charge on any atom is 0.126 e. The van der Waals surface area contributed by atoms with Crippen molar-refractivity contribution in [1.82, 2.24) is 0 Å². The topological polar surface area (TPSA) is 20.2 Å². The van der Waals surface area contributed by atoms with Crippen LogP contribution in [0.5, 0.6) is 0 Å². The van der Waals surface area contributed by atoms with Crippen LogP contribution in [0.25, 0.3) is 0 Å². The summed E-state index contributed by atoms with van der Waals surface area (Å²) in [6, 6.07) is 12.5. The first-order valence-corrected chi connectivity index (χ1v) is 6.16. The van der Waals surface area contributed by atoms with Crippen molar-refractivity contribution in [3.63, 3.8) is 0 Å². The zero-order chi connectivity index (χ0) is 13.9. The molecule has 2 rings (SSSR count). The fraction of sp³-hybridized carbons (Fsp3) is 0.250. The van der Waals surface area contributed by atoms with E-state index in [1.165, 1.54) is 18.2 Å². The van der Waals surface area contributed by atoms with Gasteiger partial charge in [-0.3, -0.25) is 0 Å². The molecule has 0 saturated carbocycles.